The Balaban J connectivity index is 1.34. The lowest BCUT2D eigenvalue weighted by molar-refractivity contribution is 0.460. The van der Waals surface area contributed by atoms with Crippen LogP contribution in [0.1, 0.15) is 26.3 Å². The normalized spacial score (nSPS) is 11.8. The van der Waals surface area contributed by atoms with Crippen LogP contribution in [0.2, 0.25) is 0 Å². The molecule has 0 aliphatic rings. The molecule has 5 aromatic carbocycles. The number of fused-ring (bicyclic) bond motifs is 4. The van der Waals surface area contributed by atoms with E-state index in [0.29, 0.717) is 17.1 Å². The van der Waals surface area contributed by atoms with Gasteiger partial charge in [-0.2, -0.15) is 0 Å². The van der Waals surface area contributed by atoms with E-state index in [1.54, 1.807) is 6.07 Å². The van der Waals surface area contributed by atoms with Crippen LogP contribution in [0.3, 0.4) is 0 Å². The van der Waals surface area contributed by atoms with Gasteiger partial charge in [0.25, 0.3) is 0 Å². The molecule has 0 amide bonds. The van der Waals surface area contributed by atoms with E-state index in [2.05, 4.69) is 110 Å². The van der Waals surface area contributed by atoms with Crippen LogP contribution in [0, 0.1) is 0 Å². The number of aromatic nitrogens is 3. The fourth-order valence-corrected chi connectivity index (χ4v) is 6.46. The minimum absolute atomic E-state index is 0.0341. The lowest BCUT2D eigenvalue weighted by atomic mass is 9.88. The van der Waals surface area contributed by atoms with Gasteiger partial charge in [-0.25, -0.2) is 9.97 Å². The summed E-state index contributed by atoms with van der Waals surface area (Å²) in [5, 5.41) is 14.0. The second-order valence-corrected chi connectivity index (χ2v) is 12.9. The van der Waals surface area contributed by atoms with Gasteiger partial charge in [-0.3, -0.25) is 4.57 Å². The second kappa shape index (κ2) is 11.1. The minimum atomic E-state index is -0.0341. The highest BCUT2D eigenvalue weighted by atomic mass is 16.5. The molecule has 8 rings (SSSR count). The van der Waals surface area contributed by atoms with E-state index in [-0.39, 0.29) is 11.2 Å². The molecule has 0 bridgehead atoms. The Morgan fingerprint density at radius 3 is 2.09 bits per heavy atom. The molecule has 0 saturated heterocycles. The summed E-state index contributed by atoms with van der Waals surface area (Å²) >= 11 is 0. The second-order valence-electron chi connectivity index (χ2n) is 12.9. The van der Waals surface area contributed by atoms with E-state index in [1.807, 2.05) is 48.7 Å². The van der Waals surface area contributed by atoms with Gasteiger partial charge in [-0.1, -0.05) is 99.6 Å². The zero-order valence-corrected chi connectivity index (χ0v) is 26.5. The Kier molecular flexibility index (Phi) is 6.76. The fourth-order valence-electron chi connectivity index (χ4n) is 6.46. The number of ether oxygens (including phenoxy) is 1. The molecule has 0 unspecified atom stereocenters. The van der Waals surface area contributed by atoms with Gasteiger partial charge in [0, 0.05) is 34.5 Å². The van der Waals surface area contributed by atoms with E-state index in [0.717, 1.165) is 55.3 Å². The zero-order valence-electron chi connectivity index (χ0n) is 26.5. The van der Waals surface area contributed by atoms with E-state index >= 15 is 0 Å². The quantitative estimate of drug-likeness (QED) is 0.210. The van der Waals surface area contributed by atoms with Gasteiger partial charge in [-0.15, -0.1) is 0 Å². The number of nitrogens with zero attached hydrogens (tertiary/aromatic N) is 3. The smallest absolute Gasteiger partial charge is 0.219 e. The van der Waals surface area contributed by atoms with Crippen LogP contribution < -0.4 is 4.74 Å². The first-order valence-corrected chi connectivity index (χ1v) is 15.8. The van der Waals surface area contributed by atoms with Crippen LogP contribution in [-0.4, -0.2) is 19.6 Å². The molecule has 3 aromatic heterocycles. The Labute approximate surface area is 273 Å². The molecule has 8 aromatic rings. The highest BCUT2D eigenvalue weighted by molar-refractivity contribution is 6.16. The molecule has 0 spiro atoms. The van der Waals surface area contributed by atoms with Crippen molar-refractivity contribution in [2.75, 3.05) is 0 Å². The molecule has 0 radical (unpaired) electrons. The molecule has 5 nitrogen and oxygen atoms in total. The van der Waals surface area contributed by atoms with Gasteiger partial charge in [0.1, 0.15) is 22.8 Å². The molecular weight excluding hydrogens is 578 g/mol. The maximum Gasteiger partial charge on any atom is 0.219 e. The molecule has 0 fully saturated rings. The molecule has 0 aliphatic heterocycles. The van der Waals surface area contributed by atoms with Crippen molar-refractivity contribution in [1.29, 1.82) is 0 Å². The maximum atomic E-state index is 10.9. The van der Waals surface area contributed by atoms with Gasteiger partial charge >= 0.3 is 0 Å². The van der Waals surface area contributed by atoms with E-state index in [9.17, 15) is 5.11 Å². The number of rotatable bonds is 5. The van der Waals surface area contributed by atoms with Gasteiger partial charge < -0.3 is 9.84 Å². The zero-order chi connectivity index (χ0) is 32.1. The summed E-state index contributed by atoms with van der Waals surface area (Å²) in [6, 6.07) is 44.9. The number of aromatic hydroxyl groups is 1. The van der Waals surface area contributed by atoms with Crippen molar-refractivity contribution in [2.24, 2.45) is 0 Å². The van der Waals surface area contributed by atoms with Crippen molar-refractivity contribution in [1.82, 2.24) is 14.5 Å². The Bertz CT molecular complexity index is 2420. The van der Waals surface area contributed by atoms with Crippen molar-refractivity contribution in [2.45, 2.75) is 26.2 Å². The minimum Gasteiger partial charge on any atom is -0.506 e. The highest BCUT2D eigenvalue weighted by Crippen LogP contribution is 2.42. The molecule has 0 saturated carbocycles. The van der Waals surface area contributed by atoms with E-state index < -0.39 is 0 Å². The van der Waals surface area contributed by atoms with Crippen LogP contribution in [-0.2, 0) is 5.41 Å². The summed E-state index contributed by atoms with van der Waals surface area (Å²) in [7, 11) is 0. The predicted octanol–water partition coefficient (Wildman–Crippen LogP) is 10.9. The number of para-hydroxylation sites is 1. The Morgan fingerprint density at radius 2 is 1.34 bits per heavy atom. The van der Waals surface area contributed by atoms with Crippen molar-refractivity contribution < 1.29 is 9.84 Å². The van der Waals surface area contributed by atoms with Crippen molar-refractivity contribution in [3.05, 3.63) is 145 Å². The van der Waals surface area contributed by atoms with Gasteiger partial charge in [-0.05, 0) is 75.7 Å². The van der Waals surface area contributed by atoms with Crippen LogP contribution in [0.25, 0.3) is 60.8 Å². The third-order valence-electron chi connectivity index (χ3n) is 8.79. The summed E-state index contributed by atoms with van der Waals surface area (Å²) in [5.41, 5.74) is 7.91. The maximum absolute atomic E-state index is 10.9. The molecule has 0 atom stereocenters. The molecule has 0 aliphatic carbocycles. The topological polar surface area (TPSA) is 60.2 Å². The first kappa shape index (κ1) is 28.5. The lowest BCUT2D eigenvalue weighted by Crippen LogP contribution is -2.12. The van der Waals surface area contributed by atoms with Crippen molar-refractivity contribution >= 4 is 32.7 Å². The molecule has 47 heavy (non-hydrogen) atoms. The standard InChI is InChI=1S/C42H33N3O2/c1-42(2,3)29-22-23-43-38(24-29)45-35-17-11-10-16-33(35)40-34(28-14-8-5-9-15-28)25-30(26-36(40)45)47-39-21-19-32-31(27-12-6-4-7-13-27)18-20-37(46)41(32)44-39/h4-26,46H,1-3H3. The SMILES string of the molecule is CC(C)(C)c1ccnc(-n2c3ccccc3c3c(-c4ccccc4)cc(Oc4ccc5c(-c6ccccc6)ccc(O)c5n4)cc32)c1. The highest BCUT2D eigenvalue weighted by Gasteiger charge is 2.21. The number of pyridine rings is 2. The van der Waals surface area contributed by atoms with Crippen LogP contribution in [0.5, 0.6) is 17.4 Å². The molecule has 1 N–H and O–H groups in total. The largest absolute Gasteiger partial charge is 0.506 e. The van der Waals surface area contributed by atoms with Gasteiger partial charge in [0.2, 0.25) is 5.88 Å². The van der Waals surface area contributed by atoms with Gasteiger partial charge in [0.15, 0.2) is 0 Å². The molecule has 5 heteroatoms. The Morgan fingerprint density at radius 1 is 0.638 bits per heavy atom. The summed E-state index contributed by atoms with van der Waals surface area (Å²) in [4.78, 5) is 9.68. The first-order chi connectivity index (χ1) is 22.8. The summed E-state index contributed by atoms with van der Waals surface area (Å²) in [6.45, 7) is 6.65. The van der Waals surface area contributed by atoms with Crippen molar-refractivity contribution in [3.63, 3.8) is 0 Å². The lowest BCUT2D eigenvalue weighted by Gasteiger charge is -2.20. The van der Waals surface area contributed by atoms with Crippen molar-refractivity contribution in [3.8, 4) is 45.5 Å². The van der Waals surface area contributed by atoms with Crippen LogP contribution in [0.4, 0.5) is 0 Å². The average molecular weight is 612 g/mol. The molecule has 3 heterocycles. The molecular formula is C42H33N3O2. The predicted molar refractivity (Wildman–Crippen MR) is 192 cm³/mol. The number of phenolic OH excluding ortho intramolecular Hbond substituents is 1. The van der Waals surface area contributed by atoms with Gasteiger partial charge in [0.05, 0.1) is 11.0 Å². The van der Waals surface area contributed by atoms with E-state index in [4.69, 9.17) is 14.7 Å². The van der Waals surface area contributed by atoms with Crippen LogP contribution in [0.15, 0.2) is 140 Å². The average Bonchev–Trinajstić information content (AvgIpc) is 3.43. The number of phenols is 1. The monoisotopic (exact) mass is 611 g/mol. The number of benzene rings is 5. The molecule has 228 valence electrons. The van der Waals surface area contributed by atoms with E-state index in [1.165, 1.54) is 5.56 Å². The first-order valence-electron chi connectivity index (χ1n) is 15.8. The number of hydrogen-bond donors (Lipinski definition) is 1. The third kappa shape index (κ3) is 5.06. The third-order valence-corrected chi connectivity index (χ3v) is 8.79. The fraction of sp³-hybridized carbons (Fsp3) is 0.0952. The summed E-state index contributed by atoms with van der Waals surface area (Å²) in [6.07, 6.45) is 1.89. The number of hydrogen-bond acceptors (Lipinski definition) is 4. The summed E-state index contributed by atoms with van der Waals surface area (Å²) < 4.78 is 8.79. The van der Waals surface area contributed by atoms with Crippen LogP contribution >= 0.6 is 0 Å². The summed E-state index contributed by atoms with van der Waals surface area (Å²) in [5.74, 6) is 1.99. The Hall–Kier alpha value is -5.94.